The second-order valence-electron chi connectivity index (χ2n) is 8.26. The molecule has 0 aliphatic carbocycles. The molecule has 0 aliphatic rings. The van der Waals surface area contributed by atoms with E-state index in [4.69, 9.17) is 18.9 Å². The Labute approximate surface area is 228 Å². The number of fused-ring (bicyclic) bond motifs is 1. The Morgan fingerprint density at radius 1 is 1.08 bits per heavy atom. The number of anilines is 1. The van der Waals surface area contributed by atoms with Gasteiger partial charge in [-0.3, -0.25) is 9.59 Å². The van der Waals surface area contributed by atoms with Gasteiger partial charge in [0.25, 0.3) is 5.56 Å². The number of ether oxygens (including phenoxy) is 4. The third-order valence-corrected chi connectivity index (χ3v) is 6.61. The Bertz CT molecular complexity index is 1610. The third-order valence-electron chi connectivity index (χ3n) is 5.72. The van der Waals surface area contributed by atoms with E-state index in [0.29, 0.717) is 33.9 Å². The summed E-state index contributed by atoms with van der Waals surface area (Å²) >= 11 is 1.12. The Morgan fingerprint density at radius 2 is 1.79 bits per heavy atom. The molecule has 202 valence electrons. The SMILES string of the molecule is CCOC(=O)c1nn(-c2cccc(C)c2)c(=O)c2c(NC(=O)/C=C/c3cc(OC)c(OC)c(OC)c3)scc12. The van der Waals surface area contributed by atoms with Crippen LogP contribution in [0.3, 0.4) is 0 Å². The number of rotatable bonds is 9. The molecule has 0 bridgehead atoms. The molecule has 39 heavy (non-hydrogen) atoms. The molecule has 0 radical (unpaired) electrons. The number of nitrogens with zero attached hydrogens (tertiary/aromatic N) is 2. The summed E-state index contributed by atoms with van der Waals surface area (Å²) in [6, 6.07) is 10.6. The van der Waals surface area contributed by atoms with Crippen LogP contribution in [0.5, 0.6) is 17.2 Å². The number of hydrogen-bond donors (Lipinski definition) is 1. The van der Waals surface area contributed by atoms with Gasteiger partial charge >= 0.3 is 5.97 Å². The number of carbonyl (C=O) groups is 2. The van der Waals surface area contributed by atoms with Crippen molar-refractivity contribution in [2.45, 2.75) is 13.8 Å². The summed E-state index contributed by atoms with van der Waals surface area (Å²) in [5.74, 6) is 0.168. The topological polar surface area (TPSA) is 118 Å². The highest BCUT2D eigenvalue weighted by Crippen LogP contribution is 2.38. The summed E-state index contributed by atoms with van der Waals surface area (Å²) in [7, 11) is 4.51. The molecule has 0 saturated carbocycles. The van der Waals surface area contributed by atoms with Crippen LogP contribution in [0.25, 0.3) is 22.5 Å². The van der Waals surface area contributed by atoms with E-state index in [1.807, 2.05) is 13.0 Å². The molecular formula is C28H27N3O7S. The maximum absolute atomic E-state index is 13.6. The predicted molar refractivity (Wildman–Crippen MR) is 150 cm³/mol. The van der Waals surface area contributed by atoms with Crippen LogP contribution in [0.4, 0.5) is 5.00 Å². The van der Waals surface area contributed by atoms with Gasteiger partial charge in [0, 0.05) is 16.8 Å². The van der Waals surface area contributed by atoms with Gasteiger partial charge in [-0.25, -0.2) is 4.79 Å². The van der Waals surface area contributed by atoms with E-state index < -0.39 is 17.4 Å². The minimum atomic E-state index is -0.665. The molecule has 2 heterocycles. The fourth-order valence-corrected chi connectivity index (χ4v) is 4.89. The van der Waals surface area contributed by atoms with E-state index in [0.717, 1.165) is 21.6 Å². The normalized spacial score (nSPS) is 11.0. The van der Waals surface area contributed by atoms with Crippen LogP contribution in [0.15, 0.2) is 52.6 Å². The van der Waals surface area contributed by atoms with Gasteiger partial charge in [-0.05, 0) is 55.3 Å². The highest BCUT2D eigenvalue weighted by atomic mass is 32.1. The first-order valence-electron chi connectivity index (χ1n) is 11.9. The zero-order chi connectivity index (χ0) is 28.1. The largest absolute Gasteiger partial charge is 0.493 e. The summed E-state index contributed by atoms with van der Waals surface area (Å²) in [6.45, 7) is 3.71. The van der Waals surface area contributed by atoms with Gasteiger partial charge in [-0.2, -0.15) is 9.78 Å². The van der Waals surface area contributed by atoms with Crippen molar-refractivity contribution in [3.05, 3.63) is 75.0 Å². The summed E-state index contributed by atoms with van der Waals surface area (Å²) in [6.07, 6.45) is 2.89. The molecule has 0 aliphatic heterocycles. The number of amides is 1. The third kappa shape index (κ3) is 5.63. The van der Waals surface area contributed by atoms with Crippen molar-refractivity contribution < 1.29 is 28.5 Å². The number of hydrogen-bond acceptors (Lipinski definition) is 9. The molecule has 0 saturated heterocycles. The maximum atomic E-state index is 13.6. The van der Waals surface area contributed by atoms with Crippen LogP contribution in [0.1, 0.15) is 28.5 Å². The second-order valence-corrected chi connectivity index (χ2v) is 9.14. The number of methoxy groups -OCH3 is 3. The van der Waals surface area contributed by atoms with Gasteiger partial charge in [-0.1, -0.05) is 12.1 Å². The predicted octanol–water partition coefficient (Wildman–Crippen LogP) is 4.61. The fourth-order valence-electron chi connectivity index (χ4n) is 3.95. The van der Waals surface area contributed by atoms with E-state index in [-0.39, 0.29) is 22.7 Å². The average Bonchev–Trinajstić information content (AvgIpc) is 3.35. The second kappa shape index (κ2) is 11.8. The van der Waals surface area contributed by atoms with Crippen LogP contribution < -0.4 is 25.1 Å². The Morgan fingerprint density at radius 3 is 2.41 bits per heavy atom. The van der Waals surface area contributed by atoms with Gasteiger partial charge in [0.2, 0.25) is 11.7 Å². The molecule has 2 aromatic heterocycles. The number of aromatic nitrogens is 2. The molecule has 0 fully saturated rings. The van der Waals surface area contributed by atoms with Crippen molar-refractivity contribution in [1.82, 2.24) is 9.78 Å². The van der Waals surface area contributed by atoms with Crippen molar-refractivity contribution in [2.24, 2.45) is 0 Å². The number of aryl methyl sites for hydroxylation is 1. The first kappa shape index (κ1) is 27.4. The fraction of sp³-hybridized carbons (Fsp3) is 0.214. The summed E-state index contributed by atoms with van der Waals surface area (Å²) in [5, 5.41) is 9.43. The Kier molecular flexibility index (Phi) is 8.30. The van der Waals surface area contributed by atoms with Crippen LogP contribution in [0, 0.1) is 6.92 Å². The minimum absolute atomic E-state index is 0.0160. The molecule has 1 amide bonds. The Balaban J connectivity index is 1.74. The van der Waals surface area contributed by atoms with Gasteiger partial charge < -0.3 is 24.3 Å². The van der Waals surface area contributed by atoms with Gasteiger partial charge in [-0.15, -0.1) is 11.3 Å². The molecule has 4 aromatic rings. The van der Waals surface area contributed by atoms with Crippen molar-refractivity contribution in [1.29, 1.82) is 0 Å². The first-order valence-corrected chi connectivity index (χ1v) is 12.8. The molecule has 10 nitrogen and oxygen atoms in total. The molecule has 2 aromatic carbocycles. The van der Waals surface area contributed by atoms with E-state index >= 15 is 0 Å². The van der Waals surface area contributed by atoms with Crippen molar-refractivity contribution in [2.75, 3.05) is 33.3 Å². The molecular weight excluding hydrogens is 522 g/mol. The maximum Gasteiger partial charge on any atom is 0.359 e. The summed E-state index contributed by atoms with van der Waals surface area (Å²) in [4.78, 5) is 39.2. The molecule has 1 N–H and O–H groups in total. The van der Waals surface area contributed by atoms with Crippen molar-refractivity contribution >= 4 is 45.1 Å². The lowest BCUT2D eigenvalue weighted by atomic mass is 10.1. The van der Waals surface area contributed by atoms with Gasteiger partial charge in [0.05, 0.1) is 39.0 Å². The Hall–Kier alpha value is -4.64. The summed E-state index contributed by atoms with van der Waals surface area (Å²) < 4.78 is 22.4. The van der Waals surface area contributed by atoms with E-state index in [9.17, 15) is 14.4 Å². The standard InChI is InChI=1S/C28H27N3O7S/c1-6-38-28(34)24-19-15-39-26(23(19)27(33)31(30-24)18-9-7-8-16(2)12-18)29-22(32)11-10-17-13-20(35-3)25(37-5)21(14-17)36-4/h7-15H,6H2,1-5H3,(H,29,32)/b11-10+. The molecule has 11 heteroatoms. The number of esters is 1. The number of benzene rings is 2. The lowest BCUT2D eigenvalue weighted by molar-refractivity contribution is -0.111. The monoisotopic (exact) mass is 549 g/mol. The van der Waals surface area contributed by atoms with Crippen LogP contribution >= 0.6 is 11.3 Å². The summed E-state index contributed by atoms with van der Waals surface area (Å²) in [5.41, 5.74) is 1.53. The highest BCUT2D eigenvalue weighted by molar-refractivity contribution is 7.16. The van der Waals surface area contributed by atoms with E-state index in [2.05, 4.69) is 10.4 Å². The van der Waals surface area contributed by atoms with E-state index in [1.165, 1.54) is 27.4 Å². The first-order chi connectivity index (χ1) is 18.8. The highest BCUT2D eigenvalue weighted by Gasteiger charge is 2.23. The molecule has 0 spiro atoms. The van der Waals surface area contributed by atoms with Gasteiger partial charge in [0.1, 0.15) is 5.00 Å². The number of thiophene rings is 1. The zero-order valence-corrected chi connectivity index (χ0v) is 22.9. The van der Waals surface area contributed by atoms with E-state index in [1.54, 1.807) is 48.7 Å². The molecule has 0 unspecified atom stereocenters. The lowest BCUT2D eigenvalue weighted by Gasteiger charge is -2.12. The molecule has 0 atom stereocenters. The van der Waals surface area contributed by atoms with Crippen molar-refractivity contribution in [3.8, 4) is 22.9 Å². The number of nitrogens with one attached hydrogen (secondary N) is 1. The van der Waals surface area contributed by atoms with Crippen LogP contribution in [0.2, 0.25) is 0 Å². The number of carbonyl (C=O) groups excluding carboxylic acids is 2. The quantitative estimate of drug-likeness (QED) is 0.238. The zero-order valence-electron chi connectivity index (χ0n) is 22.1. The minimum Gasteiger partial charge on any atom is -0.493 e. The molecule has 4 rings (SSSR count). The lowest BCUT2D eigenvalue weighted by Crippen LogP contribution is -2.25. The smallest absolute Gasteiger partial charge is 0.359 e. The van der Waals surface area contributed by atoms with Crippen LogP contribution in [-0.2, 0) is 9.53 Å². The average molecular weight is 550 g/mol. The van der Waals surface area contributed by atoms with Crippen molar-refractivity contribution in [3.63, 3.8) is 0 Å². The van der Waals surface area contributed by atoms with Crippen LogP contribution in [-0.4, -0.2) is 49.6 Å². The van der Waals surface area contributed by atoms with Gasteiger partial charge in [0.15, 0.2) is 17.2 Å².